The van der Waals surface area contributed by atoms with Crippen LogP contribution in [0.25, 0.3) is 0 Å². The number of hydrogen-bond acceptors (Lipinski definition) is 6. The monoisotopic (exact) mass is 559 g/mol. The summed E-state index contributed by atoms with van der Waals surface area (Å²) in [4.78, 5) is 12.5. The summed E-state index contributed by atoms with van der Waals surface area (Å²) in [6.45, 7) is 20.0. The number of phenolic OH excluding ortho intramolecular Hbond substituents is 1. The van der Waals surface area contributed by atoms with Gasteiger partial charge in [0.15, 0.2) is 0 Å². The van der Waals surface area contributed by atoms with E-state index < -0.39 is 0 Å². The number of hydrogen-bond donors (Lipinski definition) is 3. The minimum absolute atomic E-state index is 0.0233. The lowest BCUT2D eigenvalue weighted by Crippen LogP contribution is -2.30. The van der Waals surface area contributed by atoms with Gasteiger partial charge in [0.1, 0.15) is 5.75 Å². The Labute approximate surface area is 239 Å². The lowest BCUT2D eigenvalue weighted by Gasteiger charge is -2.25. The van der Waals surface area contributed by atoms with E-state index in [1.54, 1.807) is 18.2 Å². The van der Waals surface area contributed by atoms with Crippen molar-refractivity contribution in [1.29, 1.82) is 0 Å². The Morgan fingerprint density at radius 3 is 2.54 bits per heavy atom. The van der Waals surface area contributed by atoms with Crippen molar-refractivity contribution in [2.24, 2.45) is 5.10 Å². The highest BCUT2D eigenvalue weighted by molar-refractivity contribution is 6.34. The van der Waals surface area contributed by atoms with E-state index in [1.807, 2.05) is 46.8 Å². The number of carbonyl (C=O) groups is 1. The molecule has 216 valence electrons. The van der Waals surface area contributed by atoms with Crippen LogP contribution in [0.2, 0.25) is 0 Å². The second-order valence-electron chi connectivity index (χ2n) is 11.8. The van der Waals surface area contributed by atoms with Crippen LogP contribution in [0.1, 0.15) is 78.9 Å². The molecule has 7 nitrogen and oxygen atoms in total. The number of phenols is 1. The van der Waals surface area contributed by atoms with Gasteiger partial charge in [0, 0.05) is 36.8 Å². The molecule has 0 aromatic heterocycles. The summed E-state index contributed by atoms with van der Waals surface area (Å²) in [7, 11) is 0. The van der Waals surface area contributed by atoms with Crippen LogP contribution in [0.5, 0.6) is 5.75 Å². The molecule has 0 saturated carbocycles. The first-order valence-corrected chi connectivity index (χ1v) is 14.0. The number of ether oxygens (including phenoxy) is 2. The quantitative estimate of drug-likeness (QED) is 0.133. The zero-order valence-electron chi connectivity index (χ0n) is 24.6. The molecule has 1 amide bonds. The maximum absolute atomic E-state index is 12.5. The van der Waals surface area contributed by atoms with Crippen LogP contribution < -0.4 is 10.7 Å². The van der Waals surface area contributed by atoms with Crippen LogP contribution in [-0.2, 0) is 26.1 Å². The Kier molecular flexibility index (Phi) is 12.3. The predicted octanol–water partition coefficient (Wildman–Crippen LogP) is 6.76. The van der Waals surface area contributed by atoms with E-state index in [0.717, 1.165) is 24.0 Å². The van der Waals surface area contributed by atoms with Crippen LogP contribution in [0.4, 0.5) is 5.69 Å². The number of nitrogens with one attached hydrogen (secondary N) is 2. The molecule has 0 bridgehead atoms. The number of nitrogens with zero attached hydrogens (tertiary/aromatic N) is 1. The molecule has 8 heteroatoms. The Morgan fingerprint density at radius 1 is 1.15 bits per heavy atom. The molecule has 2 rings (SSSR count). The van der Waals surface area contributed by atoms with Gasteiger partial charge in [-0.2, -0.15) is 5.10 Å². The van der Waals surface area contributed by atoms with Crippen molar-refractivity contribution in [1.82, 2.24) is 5.32 Å². The number of benzene rings is 1. The molecule has 39 heavy (non-hydrogen) atoms. The minimum Gasteiger partial charge on any atom is -0.505 e. The minimum atomic E-state index is -0.305. The molecule has 1 aromatic carbocycles. The topological polar surface area (TPSA) is 92.2 Å². The summed E-state index contributed by atoms with van der Waals surface area (Å²) in [5, 5.41) is 18.9. The fraction of sp³-hybridized carbons (Fsp3) is 0.548. The van der Waals surface area contributed by atoms with Crippen LogP contribution in [0, 0.1) is 0 Å². The van der Waals surface area contributed by atoms with Gasteiger partial charge in [-0.15, -0.1) is 0 Å². The fourth-order valence-electron chi connectivity index (χ4n) is 3.86. The van der Waals surface area contributed by atoms with Crippen molar-refractivity contribution >= 4 is 28.9 Å². The molecule has 0 unspecified atom stereocenters. The smallest absolute Gasteiger partial charge is 0.220 e. The molecule has 0 radical (unpaired) electrons. The van der Waals surface area contributed by atoms with Crippen LogP contribution in [-0.4, -0.2) is 48.2 Å². The number of rotatable bonds is 14. The third kappa shape index (κ3) is 11.6. The molecular weight excluding hydrogens is 514 g/mol. The van der Waals surface area contributed by atoms with E-state index in [0.29, 0.717) is 54.6 Å². The van der Waals surface area contributed by atoms with Crippen molar-refractivity contribution in [3.63, 3.8) is 0 Å². The lowest BCUT2D eigenvalue weighted by atomic mass is 9.84. The van der Waals surface area contributed by atoms with E-state index in [4.69, 9.17) is 21.1 Å². The molecule has 0 saturated heterocycles. The number of aromatic hydroxyl groups is 1. The maximum atomic E-state index is 12.5. The van der Waals surface area contributed by atoms with Gasteiger partial charge in [0.25, 0.3) is 0 Å². The molecule has 0 atom stereocenters. The van der Waals surface area contributed by atoms with Crippen LogP contribution >= 0.6 is 11.6 Å². The van der Waals surface area contributed by atoms with Gasteiger partial charge in [-0.3, -0.25) is 10.2 Å². The SMILES string of the molecule is C=C1C=CC(Cl)=C/C1=N/Nc1cc(CCC(=O)NCCCOC(C)(C)CCOC(C)C)cc(C(C)(C)C)c1O. The van der Waals surface area contributed by atoms with E-state index in [-0.39, 0.29) is 28.8 Å². The average Bonchev–Trinajstić information content (AvgIpc) is 2.83. The van der Waals surface area contributed by atoms with Gasteiger partial charge in [0.05, 0.1) is 23.1 Å². The Balaban J connectivity index is 1.92. The Morgan fingerprint density at radius 2 is 1.87 bits per heavy atom. The average molecular weight is 560 g/mol. The molecule has 1 aliphatic carbocycles. The second kappa shape index (κ2) is 14.7. The van der Waals surface area contributed by atoms with Crippen molar-refractivity contribution in [2.45, 2.75) is 91.3 Å². The molecular formula is C31H46ClN3O4. The van der Waals surface area contributed by atoms with Crippen LogP contribution in [0.15, 0.2) is 52.6 Å². The Hall–Kier alpha value is -2.61. The highest BCUT2D eigenvalue weighted by Crippen LogP contribution is 2.38. The molecule has 1 aliphatic rings. The van der Waals surface area contributed by atoms with Gasteiger partial charge in [0.2, 0.25) is 5.91 Å². The lowest BCUT2D eigenvalue weighted by molar-refractivity contribution is -0.121. The normalized spacial score (nSPS) is 15.2. The Bertz CT molecular complexity index is 1100. The zero-order chi connectivity index (χ0) is 29.2. The zero-order valence-corrected chi connectivity index (χ0v) is 25.4. The van der Waals surface area contributed by atoms with E-state index in [1.165, 1.54) is 0 Å². The number of amides is 1. The molecule has 1 aromatic rings. The highest BCUT2D eigenvalue weighted by atomic mass is 35.5. The number of anilines is 1. The predicted molar refractivity (Wildman–Crippen MR) is 162 cm³/mol. The summed E-state index contributed by atoms with van der Waals surface area (Å²) >= 11 is 6.10. The maximum Gasteiger partial charge on any atom is 0.220 e. The first-order chi connectivity index (χ1) is 18.2. The molecule has 0 spiro atoms. The fourth-order valence-corrected chi connectivity index (χ4v) is 4.03. The standard InChI is InChI=1S/C31H46ClN3O4/c1-21(2)38-17-14-31(7,8)39-16-9-15-33-28(36)13-11-23-18-25(30(4,5)6)29(37)27(19-23)35-34-26-20-24(32)12-10-22(26)3/h10,12,18-21,35,37H,3,9,11,13-17H2,1-2,4-8H3,(H,33,36)/b34-26-. The molecule has 0 heterocycles. The van der Waals surface area contributed by atoms with Crippen LogP contribution in [0.3, 0.4) is 0 Å². The van der Waals surface area contributed by atoms with E-state index in [2.05, 4.69) is 36.3 Å². The van der Waals surface area contributed by atoms with Gasteiger partial charge >= 0.3 is 0 Å². The summed E-state index contributed by atoms with van der Waals surface area (Å²) < 4.78 is 11.6. The summed E-state index contributed by atoms with van der Waals surface area (Å²) in [5.74, 6) is 0.107. The summed E-state index contributed by atoms with van der Waals surface area (Å²) in [6.07, 6.45) is 7.88. The first-order valence-electron chi connectivity index (χ1n) is 13.6. The summed E-state index contributed by atoms with van der Waals surface area (Å²) in [6, 6.07) is 3.78. The van der Waals surface area contributed by atoms with Gasteiger partial charge in [-0.25, -0.2) is 0 Å². The van der Waals surface area contributed by atoms with E-state index in [9.17, 15) is 9.90 Å². The largest absolute Gasteiger partial charge is 0.505 e. The van der Waals surface area contributed by atoms with Crippen molar-refractivity contribution < 1.29 is 19.4 Å². The second-order valence-corrected chi connectivity index (χ2v) is 12.2. The van der Waals surface area contributed by atoms with Gasteiger partial charge < -0.3 is 19.9 Å². The van der Waals surface area contributed by atoms with Gasteiger partial charge in [-0.1, -0.05) is 51.1 Å². The summed E-state index contributed by atoms with van der Waals surface area (Å²) in [5.41, 5.74) is 5.87. The first kappa shape index (κ1) is 32.6. The molecule has 3 N–H and O–H groups in total. The number of carbonyl (C=O) groups excluding carboxylic acids is 1. The molecule has 0 aliphatic heterocycles. The van der Waals surface area contributed by atoms with Gasteiger partial charge in [-0.05, 0) is 81.7 Å². The number of allylic oxidation sites excluding steroid dienone is 5. The third-order valence-corrected chi connectivity index (χ3v) is 6.49. The molecule has 0 fully saturated rings. The highest BCUT2D eigenvalue weighted by Gasteiger charge is 2.22. The van der Waals surface area contributed by atoms with E-state index >= 15 is 0 Å². The van der Waals surface area contributed by atoms with Crippen molar-refractivity contribution in [2.75, 3.05) is 25.2 Å². The third-order valence-electron chi connectivity index (χ3n) is 6.25. The van der Waals surface area contributed by atoms with Crippen molar-refractivity contribution in [3.05, 3.63) is 58.7 Å². The number of halogens is 1. The number of hydrazone groups is 1. The number of aryl methyl sites for hydroxylation is 1. The van der Waals surface area contributed by atoms with Crippen molar-refractivity contribution in [3.8, 4) is 5.75 Å².